The van der Waals surface area contributed by atoms with Crippen LogP contribution in [0.5, 0.6) is 5.75 Å². The Morgan fingerprint density at radius 2 is 1.91 bits per heavy atom. The molecule has 4 rings (SSSR count). The maximum atomic E-state index is 13.2. The summed E-state index contributed by atoms with van der Waals surface area (Å²) in [5.41, 5.74) is 3.48. The van der Waals surface area contributed by atoms with E-state index in [4.69, 9.17) is 21.3 Å². The number of benzene rings is 3. The van der Waals surface area contributed by atoms with Crippen molar-refractivity contribution in [3.05, 3.63) is 103 Å². The average molecular weight is 539 g/mol. The number of nitrogens with zero attached hydrogens (tertiary/aromatic N) is 3. The Morgan fingerprint density at radius 3 is 2.62 bits per heavy atom. The van der Waals surface area contributed by atoms with Crippen molar-refractivity contribution in [2.45, 2.75) is 39.7 Å². The van der Waals surface area contributed by atoms with Crippen LogP contribution in [0, 0.1) is 6.92 Å². The van der Waals surface area contributed by atoms with Gasteiger partial charge in [0.2, 0.25) is 0 Å². The van der Waals surface area contributed by atoms with Gasteiger partial charge in [0, 0.05) is 10.4 Å². The molecule has 34 heavy (non-hydrogen) atoms. The zero-order valence-corrected chi connectivity index (χ0v) is 21.6. The number of ether oxygens (including phenoxy) is 1. The normalized spacial score (nSPS) is 12.4. The molecule has 3 aromatic carbocycles. The second-order valence-corrected chi connectivity index (χ2v) is 9.59. The van der Waals surface area contributed by atoms with Gasteiger partial charge in [-0.1, -0.05) is 71.2 Å². The largest absolute Gasteiger partial charge is 0.487 e. The zero-order valence-electron chi connectivity index (χ0n) is 19.3. The predicted octanol–water partition coefficient (Wildman–Crippen LogP) is 7.10. The van der Waals surface area contributed by atoms with Gasteiger partial charge in [0.15, 0.2) is 0 Å². The van der Waals surface area contributed by atoms with Crippen LogP contribution >= 0.6 is 27.5 Å². The van der Waals surface area contributed by atoms with Crippen molar-refractivity contribution >= 4 is 44.6 Å². The highest BCUT2D eigenvalue weighted by Crippen LogP contribution is 2.26. The van der Waals surface area contributed by atoms with Gasteiger partial charge in [0.05, 0.1) is 22.1 Å². The van der Waals surface area contributed by atoms with Gasteiger partial charge in [-0.3, -0.25) is 4.79 Å². The summed E-state index contributed by atoms with van der Waals surface area (Å²) in [5.74, 6) is 1.29. The van der Waals surface area contributed by atoms with Crippen molar-refractivity contribution in [2.24, 2.45) is 5.10 Å². The maximum Gasteiger partial charge on any atom is 0.282 e. The fourth-order valence-corrected chi connectivity index (χ4v) is 4.07. The van der Waals surface area contributed by atoms with E-state index in [0.717, 1.165) is 22.0 Å². The second-order valence-electron chi connectivity index (χ2n) is 8.27. The summed E-state index contributed by atoms with van der Waals surface area (Å²) in [7, 11) is 0. The van der Waals surface area contributed by atoms with E-state index < -0.39 is 0 Å². The number of hydrogen-bond donors (Lipinski definition) is 0. The standard InChI is InChI=1S/C27H25BrClN3O2/c1-4-18(3)26-31-24-11-10-21(28)14-22(24)27(33)32(26)30-15-20-9-12-25(23(29)13-20)34-16-19-7-5-17(2)6-8-19/h5-15,18H,4,16H2,1-3H3/t18-/m0/s1. The molecule has 0 amide bonds. The smallest absolute Gasteiger partial charge is 0.282 e. The molecule has 0 N–H and O–H groups in total. The first kappa shape index (κ1) is 24.2. The lowest BCUT2D eigenvalue weighted by molar-refractivity contribution is 0.306. The summed E-state index contributed by atoms with van der Waals surface area (Å²) in [4.78, 5) is 18.0. The minimum absolute atomic E-state index is 0.0686. The first-order valence-electron chi connectivity index (χ1n) is 11.1. The summed E-state index contributed by atoms with van der Waals surface area (Å²) < 4.78 is 8.08. The molecule has 0 aliphatic heterocycles. The molecule has 4 aromatic rings. The SMILES string of the molecule is CC[C@H](C)c1nc2ccc(Br)cc2c(=O)n1N=Cc1ccc(OCc2ccc(C)cc2)c(Cl)c1. The monoisotopic (exact) mass is 537 g/mol. The Balaban J connectivity index is 1.62. The first-order valence-corrected chi connectivity index (χ1v) is 12.3. The Hall–Kier alpha value is -2.96. The summed E-state index contributed by atoms with van der Waals surface area (Å²) in [6.45, 7) is 6.58. The van der Waals surface area contributed by atoms with Gasteiger partial charge >= 0.3 is 0 Å². The quantitative estimate of drug-likeness (QED) is 0.236. The Kier molecular flexibility index (Phi) is 7.49. The topological polar surface area (TPSA) is 56.5 Å². The summed E-state index contributed by atoms with van der Waals surface area (Å²) in [6.07, 6.45) is 2.46. The lowest BCUT2D eigenvalue weighted by Gasteiger charge is -2.14. The molecule has 0 fully saturated rings. The second kappa shape index (κ2) is 10.5. The van der Waals surface area contributed by atoms with Gasteiger partial charge < -0.3 is 4.74 Å². The zero-order chi connectivity index (χ0) is 24.2. The fraction of sp³-hybridized carbons (Fsp3) is 0.222. The van der Waals surface area contributed by atoms with Crippen molar-refractivity contribution < 1.29 is 4.74 Å². The van der Waals surface area contributed by atoms with Gasteiger partial charge in [-0.25, -0.2) is 4.98 Å². The molecule has 7 heteroatoms. The van der Waals surface area contributed by atoms with Crippen molar-refractivity contribution in [1.29, 1.82) is 0 Å². The summed E-state index contributed by atoms with van der Waals surface area (Å²) in [5, 5.41) is 5.49. The van der Waals surface area contributed by atoms with E-state index in [0.29, 0.717) is 34.1 Å². The van der Waals surface area contributed by atoms with Gasteiger partial charge in [-0.2, -0.15) is 9.78 Å². The summed E-state index contributed by atoms with van der Waals surface area (Å²) in [6, 6.07) is 19.1. The Bertz CT molecular complexity index is 1410. The van der Waals surface area contributed by atoms with Gasteiger partial charge in [0.1, 0.15) is 18.2 Å². The van der Waals surface area contributed by atoms with Gasteiger partial charge in [-0.15, -0.1) is 0 Å². The first-order chi connectivity index (χ1) is 16.4. The number of halogens is 2. The molecular weight excluding hydrogens is 514 g/mol. The van der Waals surface area contributed by atoms with Crippen LogP contribution in [0.25, 0.3) is 10.9 Å². The molecule has 0 spiro atoms. The number of hydrogen-bond acceptors (Lipinski definition) is 4. The van der Waals surface area contributed by atoms with E-state index in [1.165, 1.54) is 10.2 Å². The molecule has 0 unspecified atom stereocenters. The van der Waals surface area contributed by atoms with Crippen LogP contribution in [0.2, 0.25) is 5.02 Å². The van der Waals surface area contributed by atoms with Crippen molar-refractivity contribution in [3.63, 3.8) is 0 Å². The van der Waals surface area contributed by atoms with E-state index >= 15 is 0 Å². The van der Waals surface area contributed by atoms with E-state index in [1.54, 1.807) is 18.3 Å². The van der Waals surface area contributed by atoms with E-state index in [1.807, 2.05) is 43.3 Å². The van der Waals surface area contributed by atoms with Crippen molar-refractivity contribution in [2.75, 3.05) is 0 Å². The van der Waals surface area contributed by atoms with Crippen LogP contribution in [0.15, 0.2) is 75.0 Å². The fourth-order valence-electron chi connectivity index (χ4n) is 3.46. The molecule has 5 nitrogen and oxygen atoms in total. The molecule has 1 heterocycles. The highest BCUT2D eigenvalue weighted by Gasteiger charge is 2.15. The van der Waals surface area contributed by atoms with Gasteiger partial charge in [-0.05, 0) is 60.9 Å². The highest BCUT2D eigenvalue weighted by atomic mass is 79.9. The lowest BCUT2D eigenvalue weighted by Crippen LogP contribution is -2.23. The van der Waals surface area contributed by atoms with Crippen LogP contribution in [0.3, 0.4) is 0 Å². The van der Waals surface area contributed by atoms with Crippen LogP contribution in [-0.2, 0) is 6.61 Å². The third kappa shape index (κ3) is 5.40. The minimum Gasteiger partial charge on any atom is -0.487 e. The minimum atomic E-state index is -0.206. The Morgan fingerprint density at radius 1 is 1.15 bits per heavy atom. The average Bonchev–Trinajstić information content (AvgIpc) is 2.83. The molecule has 0 saturated carbocycles. The molecule has 0 bridgehead atoms. The van der Waals surface area contributed by atoms with Crippen LogP contribution < -0.4 is 10.3 Å². The maximum absolute atomic E-state index is 13.2. The van der Waals surface area contributed by atoms with E-state index in [-0.39, 0.29) is 11.5 Å². The van der Waals surface area contributed by atoms with Crippen LogP contribution in [0.1, 0.15) is 48.7 Å². The number of aryl methyl sites for hydroxylation is 1. The molecule has 0 saturated heterocycles. The number of aromatic nitrogens is 2. The molecule has 174 valence electrons. The number of fused-ring (bicyclic) bond motifs is 1. The molecule has 0 radical (unpaired) electrons. The molecule has 0 aliphatic rings. The van der Waals surface area contributed by atoms with E-state index in [2.05, 4.69) is 47.0 Å². The molecular formula is C27H25BrClN3O2. The van der Waals surface area contributed by atoms with Crippen molar-refractivity contribution in [3.8, 4) is 5.75 Å². The molecule has 1 atom stereocenters. The molecule has 0 aliphatic carbocycles. The van der Waals surface area contributed by atoms with Crippen LogP contribution in [0.4, 0.5) is 0 Å². The highest BCUT2D eigenvalue weighted by molar-refractivity contribution is 9.10. The Labute approximate surface area is 212 Å². The van der Waals surface area contributed by atoms with Crippen LogP contribution in [-0.4, -0.2) is 15.9 Å². The summed E-state index contributed by atoms with van der Waals surface area (Å²) >= 11 is 9.89. The number of rotatable bonds is 7. The van der Waals surface area contributed by atoms with Gasteiger partial charge in [0.25, 0.3) is 5.56 Å². The third-order valence-corrected chi connectivity index (χ3v) is 6.47. The lowest BCUT2D eigenvalue weighted by atomic mass is 10.1. The van der Waals surface area contributed by atoms with E-state index in [9.17, 15) is 4.79 Å². The molecule has 1 aromatic heterocycles. The third-order valence-electron chi connectivity index (χ3n) is 5.68. The predicted molar refractivity (Wildman–Crippen MR) is 142 cm³/mol. The van der Waals surface area contributed by atoms with Crippen molar-refractivity contribution in [1.82, 2.24) is 9.66 Å².